The number of thioether (sulfide) groups is 1. The van der Waals surface area contributed by atoms with Crippen molar-refractivity contribution in [2.75, 3.05) is 19.1 Å². The first-order chi connectivity index (χ1) is 12.0. The van der Waals surface area contributed by atoms with Crippen molar-refractivity contribution >= 4 is 35.2 Å². The highest BCUT2D eigenvalue weighted by molar-refractivity contribution is 7.98. The van der Waals surface area contributed by atoms with Crippen LogP contribution in [0.4, 0.5) is 0 Å². The molecule has 0 saturated carbocycles. The summed E-state index contributed by atoms with van der Waals surface area (Å²) in [5.41, 5.74) is 1.87. The molecule has 134 valence electrons. The summed E-state index contributed by atoms with van der Waals surface area (Å²) in [6.45, 7) is 0. The molecule has 2 rings (SSSR count). The molecule has 6 nitrogen and oxygen atoms in total. The van der Waals surface area contributed by atoms with Gasteiger partial charge in [-0.25, -0.2) is 4.79 Å². The average Bonchev–Trinajstić information content (AvgIpc) is 3.00. The van der Waals surface area contributed by atoms with E-state index in [0.29, 0.717) is 22.8 Å². The fourth-order valence-electron chi connectivity index (χ4n) is 2.30. The van der Waals surface area contributed by atoms with Gasteiger partial charge in [-0.3, -0.25) is 9.48 Å². The fourth-order valence-corrected chi connectivity index (χ4v) is 2.90. The van der Waals surface area contributed by atoms with Crippen LogP contribution in [0.5, 0.6) is 0 Å². The minimum Gasteiger partial charge on any atom is -0.467 e. The average molecular weight is 382 g/mol. The van der Waals surface area contributed by atoms with E-state index in [1.165, 1.54) is 11.8 Å². The number of aromatic nitrogens is 2. The maximum atomic E-state index is 12.6. The Bertz CT molecular complexity index is 746. The monoisotopic (exact) mass is 381 g/mol. The lowest BCUT2D eigenvalue weighted by Crippen LogP contribution is -2.42. The van der Waals surface area contributed by atoms with E-state index in [4.69, 9.17) is 16.3 Å². The lowest BCUT2D eigenvalue weighted by Gasteiger charge is -2.15. The molecule has 0 aliphatic rings. The Hall–Kier alpha value is -1.99. The SMILES string of the molecule is COC(=O)C(CCSC)NC(=O)c1cc(-c2ccc(Cl)cc2)nn1C. The molecule has 1 aromatic heterocycles. The van der Waals surface area contributed by atoms with Gasteiger partial charge in [-0.1, -0.05) is 23.7 Å². The second-order valence-electron chi connectivity index (χ2n) is 5.38. The normalized spacial score (nSPS) is 11.8. The Balaban J connectivity index is 2.18. The highest BCUT2D eigenvalue weighted by atomic mass is 35.5. The molecule has 25 heavy (non-hydrogen) atoms. The predicted molar refractivity (Wildman–Crippen MR) is 99.9 cm³/mol. The van der Waals surface area contributed by atoms with Crippen LogP contribution >= 0.6 is 23.4 Å². The summed E-state index contributed by atoms with van der Waals surface area (Å²) in [5.74, 6) is -0.0872. The van der Waals surface area contributed by atoms with E-state index in [2.05, 4.69) is 10.4 Å². The van der Waals surface area contributed by atoms with Crippen molar-refractivity contribution < 1.29 is 14.3 Å². The Kier molecular flexibility index (Phi) is 6.90. The number of hydrogen-bond donors (Lipinski definition) is 1. The second-order valence-corrected chi connectivity index (χ2v) is 6.80. The number of methoxy groups -OCH3 is 1. The fraction of sp³-hybridized carbons (Fsp3) is 0.353. The van der Waals surface area contributed by atoms with Gasteiger partial charge < -0.3 is 10.1 Å². The van der Waals surface area contributed by atoms with E-state index < -0.39 is 12.0 Å². The van der Waals surface area contributed by atoms with Crippen LogP contribution in [0.15, 0.2) is 30.3 Å². The standard InChI is InChI=1S/C17H20ClN3O3S/c1-21-15(10-14(20-21)11-4-6-12(18)7-5-11)16(22)19-13(8-9-25-3)17(23)24-2/h4-7,10,13H,8-9H2,1-3H3,(H,19,22). The van der Waals surface area contributed by atoms with E-state index in [1.807, 2.05) is 18.4 Å². The van der Waals surface area contributed by atoms with Crippen LogP contribution in [-0.2, 0) is 16.6 Å². The number of carbonyl (C=O) groups excluding carboxylic acids is 2. The first-order valence-electron chi connectivity index (χ1n) is 7.64. The van der Waals surface area contributed by atoms with E-state index >= 15 is 0 Å². The van der Waals surface area contributed by atoms with Gasteiger partial charge in [0.1, 0.15) is 11.7 Å². The third kappa shape index (κ3) is 4.99. The first-order valence-corrected chi connectivity index (χ1v) is 9.41. The maximum absolute atomic E-state index is 12.6. The van der Waals surface area contributed by atoms with Crippen molar-refractivity contribution in [3.63, 3.8) is 0 Å². The quantitative estimate of drug-likeness (QED) is 0.746. The van der Waals surface area contributed by atoms with Gasteiger partial charge in [0.2, 0.25) is 0 Å². The van der Waals surface area contributed by atoms with Gasteiger partial charge in [0, 0.05) is 17.6 Å². The molecule has 1 aromatic carbocycles. The van der Waals surface area contributed by atoms with Gasteiger partial charge in [0.25, 0.3) is 5.91 Å². The molecule has 1 N–H and O–H groups in total. The van der Waals surface area contributed by atoms with Crippen LogP contribution in [0, 0.1) is 0 Å². The lowest BCUT2D eigenvalue weighted by atomic mass is 10.1. The highest BCUT2D eigenvalue weighted by Crippen LogP contribution is 2.21. The van der Waals surface area contributed by atoms with E-state index in [-0.39, 0.29) is 5.91 Å². The predicted octanol–water partition coefficient (Wildman–Crippen LogP) is 2.77. The number of hydrogen-bond acceptors (Lipinski definition) is 5. The summed E-state index contributed by atoms with van der Waals surface area (Å²) >= 11 is 7.49. The van der Waals surface area contributed by atoms with Gasteiger partial charge in [0.05, 0.1) is 12.8 Å². The molecule has 0 aliphatic carbocycles. The highest BCUT2D eigenvalue weighted by Gasteiger charge is 2.23. The number of halogens is 1. The zero-order valence-electron chi connectivity index (χ0n) is 14.3. The Labute approximate surface area is 155 Å². The summed E-state index contributed by atoms with van der Waals surface area (Å²) in [4.78, 5) is 24.4. The molecule has 0 bridgehead atoms. The third-order valence-electron chi connectivity index (χ3n) is 3.65. The summed E-state index contributed by atoms with van der Waals surface area (Å²) in [6.07, 6.45) is 2.44. The number of carbonyl (C=O) groups is 2. The number of nitrogens with zero attached hydrogens (tertiary/aromatic N) is 2. The molecule has 1 heterocycles. The maximum Gasteiger partial charge on any atom is 0.328 e. The van der Waals surface area contributed by atoms with Crippen molar-refractivity contribution in [2.45, 2.75) is 12.5 Å². The molecule has 1 unspecified atom stereocenters. The molecule has 1 amide bonds. The molecular formula is C17H20ClN3O3S. The zero-order chi connectivity index (χ0) is 18.4. The van der Waals surface area contributed by atoms with E-state index in [9.17, 15) is 9.59 Å². The summed E-state index contributed by atoms with van der Waals surface area (Å²) in [7, 11) is 2.99. The van der Waals surface area contributed by atoms with Crippen LogP contribution in [0.3, 0.4) is 0 Å². The largest absolute Gasteiger partial charge is 0.467 e. The van der Waals surface area contributed by atoms with Crippen molar-refractivity contribution in [2.24, 2.45) is 7.05 Å². The van der Waals surface area contributed by atoms with Crippen LogP contribution in [0.2, 0.25) is 5.02 Å². The number of ether oxygens (including phenoxy) is 1. The molecule has 0 fully saturated rings. The van der Waals surface area contributed by atoms with Gasteiger partial charge in [-0.2, -0.15) is 16.9 Å². The van der Waals surface area contributed by atoms with Crippen molar-refractivity contribution in [1.29, 1.82) is 0 Å². The van der Waals surface area contributed by atoms with Crippen LogP contribution in [0.25, 0.3) is 11.3 Å². The van der Waals surface area contributed by atoms with Gasteiger partial charge in [-0.15, -0.1) is 0 Å². The number of nitrogens with one attached hydrogen (secondary N) is 1. The van der Waals surface area contributed by atoms with Crippen molar-refractivity contribution in [1.82, 2.24) is 15.1 Å². The second kappa shape index (κ2) is 8.92. The molecule has 2 aromatic rings. The summed E-state index contributed by atoms with van der Waals surface area (Å²) in [5, 5.41) is 7.72. The number of aryl methyl sites for hydroxylation is 1. The third-order valence-corrected chi connectivity index (χ3v) is 4.55. The van der Waals surface area contributed by atoms with Gasteiger partial charge >= 0.3 is 5.97 Å². The lowest BCUT2D eigenvalue weighted by molar-refractivity contribution is -0.142. The minimum atomic E-state index is -0.682. The van der Waals surface area contributed by atoms with Crippen molar-refractivity contribution in [3.8, 4) is 11.3 Å². The molecular weight excluding hydrogens is 362 g/mol. The topological polar surface area (TPSA) is 73.2 Å². The first kappa shape index (κ1) is 19.3. The van der Waals surface area contributed by atoms with Gasteiger partial charge in [-0.05, 0) is 36.6 Å². The zero-order valence-corrected chi connectivity index (χ0v) is 15.9. The Morgan fingerprint density at radius 3 is 2.64 bits per heavy atom. The van der Waals surface area contributed by atoms with Crippen LogP contribution < -0.4 is 5.32 Å². The number of amides is 1. The molecule has 8 heteroatoms. The van der Waals surface area contributed by atoms with Crippen molar-refractivity contribution in [3.05, 3.63) is 41.0 Å². The molecule has 0 radical (unpaired) electrons. The molecule has 1 atom stereocenters. The van der Waals surface area contributed by atoms with E-state index in [1.54, 1.807) is 37.0 Å². The minimum absolute atomic E-state index is 0.364. The Morgan fingerprint density at radius 1 is 1.36 bits per heavy atom. The number of rotatable bonds is 7. The summed E-state index contributed by atoms with van der Waals surface area (Å²) in [6, 6.07) is 8.20. The Morgan fingerprint density at radius 2 is 2.04 bits per heavy atom. The molecule has 0 saturated heterocycles. The number of esters is 1. The smallest absolute Gasteiger partial charge is 0.328 e. The molecule has 0 aliphatic heterocycles. The molecule has 0 spiro atoms. The van der Waals surface area contributed by atoms with E-state index in [0.717, 1.165) is 11.3 Å². The van der Waals surface area contributed by atoms with Crippen LogP contribution in [-0.4, -0.2) is 46.8 Å². The van der Waals surface area contributed by atoms with Crippen LogP contribution in [0.1, 0.15) is 16.9 Å². The number of benzene rings is 1. The summed E-state index contributed by atoms with van der Waals surface area (Å²) < 4.78 is 6.25. The van der Waals surface area contributed by atoms with Gasteiger partial charge in [0.15, 0.2) is 0 Å².